The molecule has 1 aromatic rings. The summed E-state index contributed by atoms with van der Waals surface area (Å²) in [5, 5.41) is 3.66. The molecule has 0 radical (unpaired) electrons. The quantitative estimate of drug-likeness (QED) is 0.810. The molecule has 1 unspecified atom stereocenters. The van der Waals surface area contributed by atoms with Gasteiger partial charge in [-0.05, 0) is 57.5 Å². The van der Waals surface area contributed by atoms with E-state index < -0.39 is 0 Å². The number of benzene rings is 1. The molecule has 1 N–H and O–H groups in total. The summed E-state index contributed by atoms with van der Waals surface area (Å²) >= 11 is 0. The van der Waals surface area contributed by atoms with Gasteiger partial charge in [0.1, 0.15) is 0 Å². The summed E-state index contributed by atoms with van der Waals surface area (Å²) < 4.78 is 0. The fraction of sp³-hybridized carbons (Fsp3) is 0.647. The molecule has 0 saturated carbocycles. The van der Waals surface area contributed by atoms with Crippen LogP contribution in [0, 0.1) is 20.8 Å². The van der Waals surface area contributed by atoms with Crippen LogP contribution in [0.25, 0.3) is 0 Å². The normalized spacial score (nSPS) is 13.0. The van der Waals surface area contributed by atoms with Gasteiger partial charge in [0.05, 0.1) is 0 Å². The molecule has 19 heavy (non-hydrogen) atoms. The number of hydrogen-bond acceptors (Lipinski definition) is 2. The van der Waals surface area contributed by atoms with E-state index in [9.17, 15) is 0 Å². The Hall–Kier alpha value is -0.860. The van der Waals surface area contributed by atoms with Crippen molar-refractivity contribution in [2.75, 3.05) is 19.6 Å². The summed E-state index contributed by atoms with van der Waals surface area (Å²) in [6.07, 6.45) is 0. The first-order valence-corrected chi connectivity index (χ1v) is 7.50. The molecule has 0 saturated heterocycles. The number of hydrogen-bond donors (Lipinski definition) is 1. The Balaban J connectivity index is 2.57. The smallest absolute Gasteiger partial charge is 0.0213 e. The lowest BCUT2D eigenvalue weighted by atomic mass is 9.99. The van der Waals surface area contributed by atoms with Crippen molar-refractivity contribution in [2.24, 2.45) is 0 Å². The van der Waals surface area contributed by atoms with E-state index in [0.29, 0.717) is 6.04 Å². The van der Waals surface area contributed by atoms with E-state index in [0.717, 1.165) is 26.2 Å². The maximum Gasteiger partial charge on any atom is 0.0213 e. The van der Waals surface area contributed by atoms with Gasteiger partial charge in [0.2, 0.25) is 0 Å². The van der Waals surface area contributed by atoms with Crippen LogP contribution in [0.2, 0.25) is 0 Å². The van der Waals surface area contributed by atoms with Gasteiger partial charge in [-0.2, -0.15) is 0 Å². The number of likely N-dealkylation sites (N-methyl/N-ethyl adjacent to an activating group) is 1. The Labute approximate surface area is 119 Å². The van der Waals surface area contributed by atoms with Crippen molar-refractivity contribution in [3.63, 3.8) is 0 Å². The van der Waals surface area contributed by atoms with Crippen LogP contribution < -0.4 is 5.32 Å². The van der Waals surface area contributed by atoms with Crippen LogP contribution in [0.5, 0.6) is 0 Å². The van der Waals surface area contributed by atoms with Crippen LogP contribution in [0.1, 0.15) is 43.0 Å². The minimum Gasteiger partial charge on any atom is -0.309 e. The molecule has 0 aromatic heterocycles. The SMILES string of the molecule is CCN(CC)CC(C)NCc1c(C)cc(C)cc1C. The van der Waals surface area contributed by atoms with Crippen molar-refractivity contribution in [3.8, 4) is 0 Å². The molecule has 1 atom stereocenters. The zero-order chi connectivity index (χ0) is 14.4. The zero-order valence-electron chi connectivity index (χ0n) is 13.5. The number of rotatable bonds is 7. The summed E-state index contributed by atoms with van der Waals surface area (Å²) in [4.78, 5) is 2.46. The summed E-state index contributed by atoms with van der Waals surface area (Å²) in [7, 11) is 0. The molecule has 0 aliphatic carbocycles. The summed E-state index contributed by atoms with van der Waals surface area (Å²) in [6.45, 7) is 17.7. The molecule has 108 valence electrons. The van der Waals surface area contributed by atoms with Gasteiger partial charge in [-0.3, -0.25) is 0 Å². The second-order valence-electron chi connectivity index (χ2n) is 5.65. The highest BCUT2D eigenvalue weighted by Crippen LogP contribution is 2.16. The van der Waals surface area contributed by atoms with Gasteiger partial charge < -0.3 is 10.2 Å². The van der Waals surface area contributed by atoms with E-state index in [2.05, 4.69) is 63.9 Å². The third kappa shape index (κ3) is 4.96. The molecule has 0 heterocycles. The van der Waals surface area contributed by atoms with E-state index in [1.165, 1.54) is 22.3 Å². The molecule has 2 nitrogen and oxygen atoms in total. The van der Waals surface area contributed by atoms with E-state index in [1.807, 2.05) is 0 Å². The Morgan fingerprint density at radius 1 is 1.05 bits per heavy atom. The fourth-order valence-corrected chi connectivity index (χ4v) is 2.70. The molecule has 0 amide bonds. The van der Waals surface area contributed by atoms with Crippen LogP contribution in [0.15, 0.2) is 12.1 Å². The van der Waals surface area contributed by atoms with Crippen LogP contribution in [0.3, 0.4) is 0 Å². The highest BCUT2D eigenvalue weighted by molar-refractivity contribution is 5.37. The Morgan fingerprint density at radius 3 is 2.05 bits per heavy atom. The minimum absolute atomic E-state index is 0.528. The fourth-order valence-electron chi connectivity index (χ4n) is 2.70. The van der Waals surface area contributed by atoms with Gasteiger partial charge in [0, 0.05) is 19.1 Å². The third-order valence-corrected chi connectivity index (χ3v) is 3.89. The maximum atomic E-state index is 3.66. The largest absolute Gasteiger partial charge is 0.309 e. The predicted molar refractivity (Wildman–Crippen MR) is 84.7 cm³/mol. The predicted octanol–water partition coefficient (Wildman–Crippen LogP) is 3.43. The molecule has 1 aromatic carbocycles. The van der Waals surface area contributed by atoms with E-state index in [1.54, 1.807) is 0 Å². The standard InChI is InChI=1S/C17H30N2/c1-7-19(8-2)12-16(6)18-11-17-14(4)9-13(3)10-15(17)5/h9-10,16,18H,7-8,11-12H2,1-6H3. The monoisotopic (exact) mass is 262 g/mol. The van der Waals surface area contributed by atoms with Crippen molar-refractivity contribution in [2.45, 2.75) is 54.1 Å². The molecular weight excluding hydrogens is 232 g/mol. The number of nitrogens with one attached hydrogen (secondary N) is 1. The van der Waals surface area contributed by atoms with E-state index >= 15 is 0 Å². The second kappa shape index (κ2) is 7.66. The van der Waals surface area contributed by atoms with Crippen LogP contribution >= 0.6 is 0 Å². The first kappa shape index (κ1) is 16.2. The first-order chi connectivity index (χ1) is 8.97. The van der Waals surface area contributed by atoms with Crippen LogP contribution in [0.4, 0.5) is 0 Å². The van der Waals surface area contributed by atoms with E-state index in [-0.39, 0.29) is 0 Å². The van der Waals surface area contributed by atoms with Crippen molar-refractivity contribution in [3.05, 3.63) is 34.4 Å². The Morgan fingerprint density at radius 2 is 1.58 bits per heavy atom. The van der Waals surface area contributed by atoms with Gasteiger partial charge in [-0.25, -0.2) is 0 Å². The third-order valence-electron chi connectivity index (χ3n) is 3.89. The second-order valence-corrected chi connectivity index (χ2v) is 5.65. The minimum atomic E-state index is 0.528. The summed E-state index contributed by atoms with van der Waals surface area (Å²) in [6, 6.07) is 5.08. The zero-order valence-corrected chi connectivity index (χ0v) is 13.5. The highest BCUT2D eigenvalue weighted by atomic mass is 15.1. The average molecular weight is 262 g/mol. The highest BCUT2D eigenvalue weighted by Gasteiger charge is 2.09. The molecule has 0 spiro atoms. The molecule has 1 rings (SSSR count). The van der Waals surface area contributed by atoms with Gasteiger partial charge in [0.25, 0.3) is 0 Å². The molecule has 0 bridgehead atoms. The van der Waals surface area contributed by atoms with Crippen LogP contribution in [-0.4, -0.2) is 30.6 Å². The molecule has 2 heteroatoms. The lowest BCUT2D eigenvalue weighted by molar-refractivity contribution is 0.270. The van der Waals surface area contributed by atoms with Gasteiger partial charge in [-0.15, -0.1) is 0 Å². The number of aryl methyl sites for hydroxylation is 3. The molecule has 0 aliphatic heterocycles. The molecule has 0 aliphatic rings. The molecule has 0 fully saturated rings. The Kier molecular flexibility index (Phi) is 6.53. The Bertz CT molecular complexity index is 371. The lowest BCUT2D eigenvalue weighted by Crippen LogP contribution is -2.39. The average Bonchev–Trinajstić information content (AvgIpc) is 2.34. The summed E-state index contributed by atoms with van der Waals surface area (Å²) in [5.74, 6) is 0. The number of nitrogens with zero attached hydrogens (tertiary/aromatic N) is 1. The van der Waals surface area contributed by atoms with Crippen molar-refractivity contribution in [1.29, 1.82) is 0 Å². The molecular formula is C17H30N2. The van der Waals surface area contributed by atoms with Crippen molar-refractivity contribution >= 4 is 0 Å². The first-order valence-electron chi connectivity index (χ1n) is 7.50. The van der Waals surface area contributed by atoms with Gasteiger partial charge in [0.15, 0.2) is 0 Å². The van der Waals surface area contributed by atoms with Crippen molar-refractivity contribution < 1.29 is 0 Å². The maximum absolute atomic E-state index is 3.66. The summed E-state index contributed by atoms with van der Waals surface area (Å²) in [5.41, 5.74) is 5.62. The lowest BCUT2D eigenvalue weighted by Gasteiger charge is -2.24. The van der Waals surface area contributed by atoms with Gasteiger partial charge >= 0.3 is 0 Å². The van der Waals surface area contributed by atoms with Gasteiger partial charge in [-0.1, -0.05) is 31.5 Å². The topological polar surface area (TPSA) is 15.3 Å². The van der Waals surface area contributed by atoms with Crippen LogP contribution in [-0.2, 0) is 6.54 Å². The van der Waals surface area contributed by atoms with Crippen molar-refractivity contribution in [1.82, 2.24) is 10.2 Å². The van der Waals surface area contributed by atoms with E-state index in [4.69, 9.17) is 0 Å².